The summed E-state index contributed by atoms with van der Waals surface area (Å²) in [7, 11) is 1.31. The molecule has 0 N–H and O–H groups in total. The van der Waals surface area contributed by atoms with Gasteiger partial charge in [-0.05, 0) is 85.6 Å². The summed E-state index contributed by atoms with van der Waals surface area (Å²) in [6, 6.07) is 13.0. The van der Waals surface area contributed by atoms with Crippen molar-refractivity contribution in [3.05, 3.63) is 64.3 Å². The number of anilines is 2. The summed E-state index contributed by atoms with van der Waals surface area (Å²) in [5.41, 5.74) is 4.13. The van der Waals surface area contributed by atoms with Crippen molar-refractivity contribution < 1.29 is 14.3 Å². The lowest BCUT2D eigenvalue weighted by Crippen LogP contribution is -2.35. The third-order valence-electron chi connectivity index (χ3n) is 5.71. The van der Waals surface area contributed by atoms with E-state index in [1.807, 2.05) is 6.07 Å². The Kier molecular flexibility index (Phi) is 6.48. The predicted molar refractivity (Wildman–Crippen MR) is 131 cm³/mol. The molecule has 2 aliphatic heterocycles. The zero-order chi connectivity index (χ0) is 22.8. The van der Waals surface area contributed by atoms with Crippen LogP contribution in [0.4, 0.5) is 11.4 Å². The number of hydrogen-bond donors (Lipinski definition) is 0. The van der Waals surface area contributed by atoms with Crippen molar-refractivity contribution in [3.8, 4) is 0 Å². The molecule has 0 atom stereocenters. The average molecular weight is 470 g/mol. The second kappa shape index (κ2) is 9.30. The topological polar surface area (TPSA) is 53.1 Å². The van der Waals surface area contributed by atoms with E-state index in [1.54, 1.807) is 30.3 Å². The third kappa shape index (κ3) is 4.36. The van der Waals surface area contributed by atoms with Crippen LogP contribution in [-0.2, 0) is 14.3 Å². The van der Waals surface area contributed by atoms with E-state index in [9.17, 15) is 9.59 Å². The smallest absolute Gasteiger partial charge is 0.325 e. The second-order valence-electron chi connectivity index (χ2n) is 7.83. The number of aryl methyl sites for hydroxylation is 1. The Morgan fingerprint density at radius 1 is 1.16 bits per heavy atom. The lowest BCUT2D eigenvalue weighted by Gasteiger charge is -2.20. The molecule has 8 heteroatoms. The minimum atomic E-state index is -0.482. The summed E-state index contributed by atoms with van der Waals surface area (Å²) < 4.78 is 4.82. The fraction of sp³-hybridized carbons (Fsp3) is 0.292. The fourth-order valence-corrected chi connectivity index (χ4v) is 4.56. The van der Waals surface area contributed by atoms with E-state index in [0.717, 1.165) is 24.2 Å². The van der Waals surface area contributed by atoms with Gasteiger partial charge >= 0.3 is 5.97 Å². The number of carbonyl (C=O) groups excluding carboxylic acids is 2. The van der Waals surface area contributed by atoms with Crippen molar-refractivity contribution in [2.45, 2.75) is 19.8 Å². The molecular weight excluding hydrogens is 446 g/mol. The second-order valence-corrected chi connectivity index (χ2v) is 8.63. The molecule has 2 fully saturated rings. The Bertz CT molecular complexity index is 1090. The van der Waals surface area contributed by atoms with Crippen molar-refractivity contribution in [3.63, 3.8) is 0 Å². The number of rotatable bonds is 5. The molecule has 1 amide bonds. The Labute approximate surface area is 198 Å². The maximum absolute atomic E-state index is 13.4. The minimum Gasteiger partial charge on any atom is -0.468 e. The van der Waals surface area contributed by atoms with E-state index < -0.39 is 5.97 Å². The summed E-state index contributed by atoms with van der Waals surface area (Å²) in [5, 5.41) is 0.779. The monoisotopic (exact) mass is 469 g/mol. The summed E-state index contributed by atoms with van der Waals surface area (Å²) in [5.74, 6) is -0.785. The van der Waals surface area contributed by atoms with Crippen LogP contribution in [0.15, 0.2) is 48.2 Å². The lowest BCUT2D eigenvalue weighted by atomic mass is 10.1. The van der Waals surface area contributed by atoms with E-state index in [1.165, 1.54) is 35.4 Å². The molecule has 0 saturated carbocycles. The van der Waals surface area contributed by atoms with Crippen molar-refractivity contribution in [2.24, 2.45) is 0 Å². The maximum atomic E-state index is 13.4. The van der Waals surface area contributed by atoms with Gasteiger partial charge in [0.2, 0.25) is 0 Å². The summed E-state index contributed by atoms with van der Waals surface area (Å²) in [6.07, 6.45) is 4.19. The molecule has 166 valence electrons. The highest BCUT2D eigenvalue weighted by molar-refractivity contribution is 7.80. The van der Waals surface area contributed by atoms with Crippen molar-refractivity contribution in [2.75, 3.05) is 36.5 Å². The molecule has 0 bridgehead atoms. The first kappa shape index (κ1) is 22.3. The molecule has 0 unspecified atom stereocenters. The van der Waals surface area contributed by atoms with Gasteiger partial charge in [-0.15, -0.1) is 0 Å². The van der Waals surface area contributed by atoms with Crippen LogP contribution in [-0.4, -0.2) is 48.6 Å². The molecule has 2 heterocycles. The number of hydrogen-bond acceptors (Lipinski definition) is 5. The molecular formula is C24H24ClN3O3S. The molecule has 4 rings (SSSR count). The van der Waals surface area contributed by atoms with Gasteiger partial charge in [-0.1, -0.05) is 17.7 Å². The SMILES string of the molecule is COC(=O)CN1C(=S)N(c2ccc(Cl)cc2)C(=O)/C1=C/c1ccc(N2CCCC2)c(C)c1. The molecule has 2 saturated heterocycles. The highest BCUT2D eigenvalue weighted by Gasteiger charge is 2.40. The lowest BCUT2D eigenvalue weighted by molar-refractivity contribution is -0.140. The van der Waals surface area contributed by atoms with Gasteiger partial charge in [0.25, 0.3) is 5.91 Å². The average Bonchev–Trinajstić information content (AvgIpc) is 3.38. The molecule has 0 spiro atoms. The number of halogens is 1. The van der Waals surface area contributed by atoms with Crippen LogP contribution in [0.1, 0.15) is 24.0 Å². The number of thiocarbonyl (C=S) groups is 1. The molecule has 2 aliphatic rings. The van der Waals surface area contributed by atoms with Crippen LogP contribution in [0.3, 0.4) is 0 Å². The van der Waals surface area contributed by atoms with E-state index in [-0.39, 0.29) is 17.6 Å². The summed E-state index contributed by atoms with van der Waals surface area (Å²) in [4.78, 5) is 30.7. The van der Waals surface area contributed by atoms with Crippen molar-refractivity contribution in [1.82, 2.24) is 4.90 Å². The van der Waals surface area contributed by atoms with Crippen LogP contribution in [0.25, 0.3) is 6.08 Å². The summed E-state index contributed by atoms with van der Waals surface area (Å²) in [6.45, 7) is 4.05. The summed E-state index contributed by atoms with van der Waals surface area (Å²) >= 11 is 11.6. The van der Waals surface area contributed by atoms with Crippen LogP contribution >= 0.6 is 23.8 Å². The predicted octanol–water partition coefficient (Wildman–Crippen LogP) is 4.40. The number of carbonyl (C=O) groups is 2. The number of esters is 1. The first-order chi connectivity index (χ1) is 15.4. The Morgan fingerprint density at radius 3 is 2.47 bits per heavy atom. The quantitative estimate of drug-likeness (QED) is 0.367. The highest BCUT2D eigenvalue weighted by atomic mass is 35.5. The van der Waals surface area contributed by atoms with Gasteiger partial charge < -0.3 is 14.5 Å². The van der Waals surface area contributed by atoms with Gasteiger partial charge in [0.05, 0.1) is 12.8 Å². The van der Waals surface area contributed by atoms with Gasteiger partial charge in [-0.3, -0.25) is 14.5 Å². The zero-order valence-corrected chi connectivity index (χ0v) is 19.6. The Morgan fingerprint density at radius 2 is 1.84 bits per heavy atom. The molecule has 0 radical (unpaired) electrons. The van der Waals surface area contributed by atoms with Crippen molar-refractivity contribution >= 4 is 58.3 Å². The number of methoxy groups -OCH3 is 1. The van der Waals surface area contributed by atoms with Gasteiger partial charge in [0, 0.05) is 23.8 Å². The number of benzene rings is 2. The number of ether oxygens (including phenoxy) is 1. The molecule has 6 nitrogen and oxygen atoms in total. The van der Waals surface area contributed by atoms with Crippen LogP contribution in [0.5, 0.6) is 0 Å². The standard InChI is InChI=1S/C24H24ClN3O3S/c1-16-13-17(5-10-20(16)26-11-3-4-12-26)14-21-23(30)28(19-8-6-18(25)7-9-19)24(32)27(21)15-22(29)31-2/h5-10,13-14H,3-4,11-12,15H2,1-2H3/b21-14-. The highest BCUT2D eigenvalue weighted by Crippen LogP contribution is 2.31. The zero-order valence-electron chi connectivity index (χ0n) is 18.0. The maximum Gasteiger partial charge on any atom is 0.325 e. The van der Waals surface area contributed by atoms with E-state index in [2.05, 4.69) is 24.0 Å². The molecule has 0 aliphatic carbocycles. The first-order valence-corrected chi connectivity index (χ1v) is 11.2. The van der Waals surface area contributed by atoms with E-state index >= 15 is 0 Å². The van der Waals surface area contributed by atoms with Gasteiger partial charge in [0.15, 0.2) is 5.11 Å². The van der Waals surface area contributed by atoms with Crippen LogP contribution < -0.4 is 9.80 Å². The Balaban J connectivity index is 1.70. The third-order valence-corrected chi connectivity index (χ3v) is 6.36. The van der Waals surface area contributed by atoms with Crippen LogP contribution in [0, 0.1) is 6.92 Å². The molecule has 2 aromatic rings. The molecule has 2 aromatic carbocycles. The van der Waals surface area contributed by atoms with Gasteiger partial charge in [0.1, 0.15) is 12.2 Å². The minimum absolute atomic E-state index is 0.151. The normalized spacial score (nSPS) is 17.6. The largest absolute Gasteiger partial charge is 0.468 e. The first-order valence-electron chi connectivity index (χ1n) is 10.4. The molecule has 0 aromatic heterocycles. The number of amides is 1. The van der Waals surface area contributed by atoms with Crippen LogP contribution in [0.2, 0.25) is 5.02 Å². The fourth-order valence-electron chi connectivity index (χ4n) is 4.08. The van der Waals surface area contributed by atoms with Gasteiger partial charge in [-0.25, -0.2) is 0 Å². The van der Waals surface area contributed by atoms with Crippen molar-refractivity contribution in [1.29, 1.82) is 0 Å². The van der Waals surface area contributed by atoms with E-state index in [4.69, 9.17) is 28.6 Å². The van der Waals surface area contributed by atoms with E-state index in [0.29, 0.717) is 16.4 Å². The molecule has 32 heavy (non-hydrogen) atoms. The van der Waals surface area contributed by atoms with Gasteiger partial charge in [-0.2, -0.15) is 0 Å². The number of nitrogens with zero attached hydrogens (tertiary/aromatic N) is 3. The Hall–Kier alpha value is -2.90.